The highest BCUT2D eigenvalue weighted by molar-refractivity contribution is 9.10. The Morgan fingerprint density at radius 1 is 1.21 bits per heavy atom. The summed E-state index contributed by atoms with van der Waals surface area (Å²) >= 11 is 9.60. The molecule has 1 fully saturated rings. The van der Waals surface area contributed by atoms with Crippen LogP contribution in [0.5, 0.6) is 0 Å². The fourth-order valence-corrected chi connectivity index (χ4v) is 7.31. The van der Waals surface area contributed by atoms with Gasteiger partial charge < -0.3 is 10.2 Å². The number of carbonyl (C=O) groups excluding carboxylic acids is 2. The summed E-state index contributed by atoms with van der Waals surface area (Å²) < 4.78 is 29.0. The predicted molar refractivity (Wildman–Crippen MR) is 135 cm³/mol. The van der Waals surface area contributed by atoms with Crippen molar-refractivity contribution in [3.8, 4) is 0 Å². The summed E-state index contributed by atoms with van der Waals surface area (Å²) in [6.45, 7) is 3.09. The summed E-state index contributed by atoms with van der Waals surface area (Å²) in [4.78, 5) is 26.9. The van der Waals surface area contributed by atoms with E-state index in [1.807, 2.05) is 18.2 Å². The highest BCUT2D eigenvalue weighted by Gasteiger charge is 2.36. The minimum atomic E-state index is -3.86. The second-order valence-corrected chi connectivity index (χ2v) is 11.7. The zero-order valence-electron chi connectivity index (χ0n) is 18.9. The summed E-state index contributed by atoms with van der Waals surface area (Å²) in [5, 5.41) is 3.47. The van der Waals surface area contributed by atoms with Crippen LogP contribution in [0.3, 0.4) is 0 Å². The Morgan fingerprint density at radius 3 is 2.71 bits per heavy atom. The molecule has 1 N–H and O–H groups in total. The highest BCUT2D eigenvalue weighted by atomic mass is 79.9. The monoisotopic (exact) mass is 567 g/mol. The van der Waals surface area contributed by atoms with Crippen molar-refractivity contribution in [2.75, 3.05) is 24.5 Å². The van der Waals surface area contributed by atoms with Gasteiger partial charge in [-0.15, -0.1) is 0 Å². The predicted octanol–water partition coefficient (Wildman–Crippen LogP) is 4.12. The van der Waals surface area contributed by atoms with Crippen LogP contribution in [0.15, 0.2) is 45.8 Å². The van der Waals surface area contributed by atoms with E-state index in [-0.39, 0.29) is 23.3 Å². The molecule has 2 aliphatic heterocycles. The zero-order chi connectivity index (χ0) is 24.5. The molecular weight excluding hydrogens is 542 g/mol. The maximum Gasteiger partial charge on any atom is 0.244 e. The molecule has 0 radical (unpaired) electrons. The summed E-state index contributed by atoms with van der Waals surface area (Å²) in [6, 6.07) is 10.7. The van der Waals surface area contributed by atoms with E-state index >= 15 is 0 Å². The van der Waals surface area contributed by atoms with Crippen LogP contribution in [0.2, 0.25) is 5.02 Å². The fraction of sp³-hybridized carbons (Fsp3) is 0.417. The van der Waals surface area contributed by atoms with E-state index in [9.17, 15) is 18.0 Å². The number of nitrogens with zero attached hydrogens (tertiary/aromatic N) is 2. The number of carbonyl (C=O) groups is 2. The summed E-state index contributed by atoms with van der Waals surface area (Å²) in [5.74, 6) is -0.664. The molecule has 7 nitrogen and oxygen atoms in total. The Bertz CT molecular complexity index is 1220. The third-order valence-electron chi connectivity index (χ3n) is 6.42. The molecule has 2 aliphatic rings. The minimum Gasteiger partial charge on any atom is -0.352 e. The van der Waals surface area contributed by atoms with Crippen molar-refractivity contribution in [2.24, 2.45) is 5.92 Å². The van der Waals surface area contributed by atoms with E-state index < -0.39 is 15.9 Å². The quantitative estimate of drug-likeness (QED) is 0.568. The number of sulfonamides is 1. The summed E-state index contributed by atoms with van der Waals surface area (Å²) in [6.07, 6.45) is 2.25. The van der Waals surface area contributed by atoms with Crippen molar-refractivity contribution in [1.82, 2.24) is 9.62 Å². The molecule has 4 rings (SSSR count). The second-order valence-electron chi connectivity index (χ2n) is 8.57. The molecule has 2 aromatic carbocycles. The van der Waals surface area contributed by atoms with Gasteiger partial charge in [0.2, 0.25) is 21.8 Å². The van der Waals surface area contributed by atoms with E-state index in [1.54, 1.807) is 30.0 Å². The first-order valence-corrected chi connectivity index (χ1v) is 14.0. The summed E-state index contributed by atoms with van der Waals surface area (Å²) in [7, 11) is -3.86. The topological polar surface area (TPSA) is 86.8 Å². The second kappa shape index (κ2) is 10.4. The normalized spacial score (nSPS) is 18.6. The molecule has 1 atom stereocenters. The Labute approximate surface area is 213 Å². The van der Waals surface area contributed by atoms with E-state index in [1.165, 1.54) is 4.31 Å². The number of piperidine rings is 1. The SMILES string of the molecule is CCC(=O)N1CCc2cc(Br)c(S(=O)(=O)N3CCC[C@H](C(=O)NCc4ccccc4Cl)C3)cc21. The number of hydrogen-bond donors (Lipinski definition) is 1. The third-order valence-corrected chi connectivity index (χ3v) is 9.61. The first-order chi connectivity index (χ1) is 16.2. The zero-order valence-corrected chi connectivity index (χ0v) is 22.0. The largest absolute Gasteiger partial charge is 0.352 e. The number of benzene rings is 2. The first-order valence-electron chi connectivity index (χ1n) is 11.4. The molecule has 0 unspecified atom stereocenters. The molecule has 0 aromatic heterocycles. The van der Waals surface area contributed by atoms with Crippen LogP contribution in [0.1, 0.15) is 37.3 Å². The molecule has 0 saturated carbocycles. The van der Waals surface area contributed by atoms with Crippen LogP contribution in [0, 0.1) is 5.92 Å². The van der Waals surface area contributed by atoms with Gasteiger partial charge in [-0.3, -0.25) is 9.59 Å². The molecule has 0 spiro atoms. The molecule has 2 amide bonds. The van der Waals surface area contributed by atoms with Gasteiger partial charge >= 0.3 is 0 Å². The van der Waals surface area contributed by atoms with E-state index in [0.717, 1.165) is 11.1 Å². The average molecular weight is 569 g/mol. The molecule has 2 aromatic rings. The van der Waals surface area contributed by atoms with Crippen molar-refractivity contribution in [2.45, 2.75) is 44.0 Å². The molecular formula is C24H27BrClN3O4S. The van der Waals surface area contributed by atoms with Gasteiger partial charge in [-0.05, 0) is 64.5 Å². The lowest BCUT2D eigenvalue weighted by atomic mass is 9.99. The van der Waals surface area contributed by atoms with Crippen molar-refractivity contribution in [1.29, 1.82) is 0 Å². The Hall–Kier alpha value is -1.94. The van der Waals surface area contributed by atoms with Gasteiger partial charge in [-0.1, -0.05) is 36.7 Å². The number of rotatable bonds is 6. The van der Waals surface area contributed by atoms with Crippen molar-refractivity contribution in [3.63, 3.8) is 0 Å². The molecule has 182 valence electrons. The molecule has 10 heteroatoms. The Morgan fingerprint density at radius 2 is 1.97 bits per heavy atom. The molecule has 0 aliphatic carbocycles. The van der Waals surface area contributed by atoms with Gasteiger partial charge in [0.1, 0.15) is 0 Å². The van der Waals surface area contributed by atoms with Gasteiger partial charge in [-0.2, -0.15) is 4.31 Å². The summed E-state index contributed by atoms with van der Waals surface area (Å²) in [5.41, 5.74) is 2.41. The van der Waals surface area contributed by atoms with E-state index in [2.05, 4.69) is 21.2 Å². The minimum absolute atomic E-state index is 0.0300. The number of halogens is 2. The van der Waals surface area contributed by atoms with Crippen molar-refractivity contribution in [3.05, 3.63) is 57.0 Å². The number of hydrogen-bond acceptors (Lipinski definition) is 4. The van der Waals surface area contributed by atoms with Crippen molar-refractivity contribution < 1.29 is 18.0 Å². The van der Waals surface area contributed by atoms with Gasteiger partial charge in [0.05, 0.1) is 10.8 Å². The van der Waals surface area contributed by atoms with E-state index in [0.29, 0.717) is 60.5 Å². The number of amides is 2. The van der Waals surface area contributed by atoms with Crippen LogP contribution in [0.25, 0.3) is 0 Å². The number of anilines is 1. The van der Waals surface area contributed by atoms with Gasteiger partial charge in [0.25, 0.3) is 0 Å². The number of fused-ring (bicyclic) bond motifs is 1. The van der Waals surface area contributed by atoms with Crippen LogP contribution in [-0.4, -0.2) is 44.2 Å². The van der Waals surface area contributed by atoms with Crippen LogP contribution < -0.4 is 10.2 Å². The van der Waals surface area contributed by atoms with Crippen LogP contribution >= 0.6 is 27.5 Å². The maximum absolute atomic E-state index is 13.6. The lowest BCUT2D eigenvalue weighted by Crippen LogP contribution is -2.45. The molecule has 2 heterocycles. The molecule has 1 saturated heterocycles. The highest BCUT2D eigenvalue weighted by Crippen LogP contribution is 2.37. The lowest BCUT2D eigenvalue weighted by Gasteiger charge is -2.31. The van der Waals surface area contributed by atoms with Gasteiger partial charge in [-0.25, -0.2) is 8.42 Å². The maximum atomic E-state index is 13.6. The van der Waals surface area contributed by atoms with Gasteiger partial charge in [0.15, 0.2) is 0 Å². The first kappa shape index (κ1) is 25.2. The van der Waals surface area contributed by atoms with Gasteiger partial charge in [0, 0.05) is 47.8 Å². The smallest absolute Gasteiger partial charge is 0.244 e. The van der Waals surface area contributed by atoms with Crippen LogP contribution in [0.4, 0.5) is 5.69 Å². The van der Waals surface area contributed by atoms with Crippen LogP contribution in [-0.2, 0) is 32.6 Å². The molecule has 0 bridgehead atoms. The fourth-order valence-electron chi connectivity index (χ4n) is 4.52. The average Bonchev–Trinajstić information content (AvgIpc) is 3.25. The standard InChI is InChI=1S/C24H27BrClN3O4S/c1-2-23(30)29-11-9-16-12-19(25)22(13-21(16)29)34(32,33)28-10-5-7-18(15-28)24(31)27-14-17-6-3-4-8-20(17)26/h3-4,6,8,12-13,18H,2,5,7,9-11,14-15H2,1H3,(H,27,31)/t18-/m0/s1. The number of nitrogens with one attached hydrogen (secondary N) is 1. The lowest BCUT2D eigenvalue weighted by molar-refractivity contribution is -0.126. The van der Waals surface area contributed by atoms with E-state index in [4.69, 9.17) is 11.6 Å². The molecule has 34 heavy (non-hydrogen) atoms. The third kappa shape index (κ3) is 5.03. The Kier molecular flexibility index (Phi) is 7.66. The van der Waals surface area contributed by atoms with Crippen molar-refractivity contribution >= 4 is 55.1 Å². The Balaban J connectivity index is 1.51.